The van der Waals surface area contributed by atoms with E-state index in [9.17, 15) is 9.59 Å². The van der Waals surface area contributed by atoms with Crippen LogP contribution < -0.4 is 10.2 Å². The summed E-state index contributed by atoms with van der Waals surface area (Å²) < 4.78 is 1.57. The van der Waals surface area contributed by atoms with Crippen molar-refractivity contribution in [2.75, 3.05) is 16.8 Å². The first-order chi connectivity index (χ1) is 14.5. The third kappa shape index (κ3) is 2.36. The van der Waals surface area contributed by atoms with E-state index in [0.717, 1.165) is 16.8 Å². The topological polar surface area (TPSA) is 67.2 Å². The molecule has 30 heavy (non-hydrogen) atoms. The summed E-state index contributed by atoms with van der Waals surface area (Å²) in [5.41, 5.74) is 2.59. The van der Waals surface area contributed by atoms with E-state index in [4.69, 9.17) is 18.0 Å². The molecular weight excluding hydrogens is 400 g/mol. The van der Waals surface area contributed by atoms with E-state index >= 15 is 0 Å². The molecule has 148 valence electrons. The van der Waals surface area contributed by atoms with Gasteiger partial charge in [0.15, 0.2) is 0 Å². The molecule has 0 saturated carbocycles. The molecule has 1 spiro atoms. The van der Waals surface area contributed by atoms with E-state index in [-0.39, 0.29) is 24.8 Å². The summed E-state index contributed by atoms with van der Waals surface area (Å²) in [6, 6.07) is 13.0. The van der Waals surface area contributed by atoms with Gasteiger partial charge in [-0.2, -0.15) is 5.10 Å². The SMILES string of the molecule is C#CCN1C(=O)[C@@]2(CC(=O)Nc3c2cnn3-c2ccccc2Cl)c2cc(C)ccc21. The standard InChI is InChI=1S/C23H17ClN4O2/c1-3-10-27-18-9-8-14(2)11-15(18)23(22(27)30)12-20(29)26-21-16(23)13-25-28(21)19-7-5-4-6-17(19)24/h1,4-9,11,13H,10,12H2,2H3,(H,26,29)/t23-/m0/s1. The highest BCUT2D eigenvalue weighted by molar-refractivity contribution is 6.32. The smallest absolute Gasteiger partial charge is 0.243 e. The molecule has 0 aliphatic carbocycles. The summed E-state index contributed by atoms with van der Waals surface area (Å²) in [4.78, 5) is 28.2. The molecule has 2 aliphatic heterocycles. The molecule has 3 heterocycles. The molecule has 1 aromatic heterocycles. The molecule has 5 rings (SSSR count). The van der Waals surface area contributed by atoms with Gasteiger partial charge >= 0.3 is 0 Å². The number of para-hydroxylation sites is 1. The molecule has 6 nitrogen and oxygen atoms in total. The Morgan fingerprint density at radius 3 is 2.77 bits per heavy atom. The van der Waals surface area contributed by atoms with Gasteiger partial charge in [0.05, 0.1) is 23.5 Å². The average Bonchev–Trinajstić information content (AvgIpc) is 3.23. The Hall–Kier alpha value is -3.56. The first kappa shape index (κ1) is 18.5. The van der Waals surface area contributed by atoms with Crippen LogP contribution in [-0.2, 0) is 15.0 Å². The molecule has 3 aromatic rings. The molecule has 7 heteroatoms. The van der Waals surface area contributed by atoms with Crippen molar-refractivity contribution in [3.05, 3.63) is 70.4 Å². The number of hydrogen-bond donors (Lipinski definition) is 1. The molecule has 0 radical (unpaired) electrons. The van der Waals surface area contributed by atoms with Crippen molar-refractivity contribution in [3.8, 4) is 18.0 Å². The minimum absolute atomic E-state index is 0.00935. The summed E-state index contributed by atoms with van der Waals surface area (Å²) in [6.45, 7) is 2.09. The lowest BCUT2D eigenvalue weighted by atomic mass is 9.71. The van der Waals surface area contributed by atoms with Crippen LogP contribution in [0.3, 0.4) is 0 Å². The van der Waals surface area contributed by atoms with Gasteiger partial charge in [-0.05, 0) is 30.7 Å². The Labute approximate surface area is 178 Å². The Kier molecular flexibility index (Phi) is 3.99. The molecule has 0 unspecified atom stereocenters. The van der Waals surface area contributed by atoms with Gasteiger partial charge < -0.3 is 5.32 Å². The lowest BCUT2D eigenvalue weighted by Crippen LogP contribution is -2.46. The number of halogens is 1. The van der Waals surface area contributed by atoms with Crippen LogP contribution in [0, 0.1) is 19.3 Å². The monoisotopic (exact) mass is 416 g/mol. The summed E-state index contributed by atoms with van der Waals surface area (Å²) in [7, 11) is 0. The van der Waals surface area contributed by atoms with Crippen LogP contribution in [0.15, 0.2) is 48.7 Å². The Balaban J connectivity index is 1.79. The van der Waals surface area contributed by atoms with Crippen LogP contribution in [-0.4, -0.2) is 28.1 Å². The number of anilines is 2. The second kappa shape index (κ2) is 6.48. The highest BCUT2D eigenvalue weighted by Crippen LogP contribution is 2.52. The van der Waals surface area contributed by atoms with Crippen molar-refractivity contribution in [2.45, 2.75) is 18.8 Å². The van der Waals surface area contributed by atoms with Crippen molar-refractivity contribution in [1.82, 2.24) is 9.78 Å². The van der Waals surface area contributed by atoms with E-state index in [0.29, 0.717) is 22.1 Å². The zero-order valence-corrected chi connectivity index (χ0v) is 16.9. The third-order valence-electron chi connectivity index (χ3n) is 5.76. The lowest BCUT2D eigenvalue weighted by Gasteiger charge is -2.32. The maximum absolute atomic E-state index is 13.7. The number of rotatable bonds is 2. The van der Waals surface area contributed by atoms with Gasteiger partial charge in [0, 0.05) is 17.7 Å². The Bertz CT molecular complexity index is 1270. The summed E-state index contributed by atoms with van der Waals surface area (Å²) in [6.07, 6.45) is 7.17. The van der Waals surface area contributed by atoms with E-state index in [1.165, 1.54) is 0 Å². The number of fused-ring (bicyclic) bond motifs is 4. The van der Waals surface area contributed by atoms with Crippen molar-refractivity contribution < 1.29 is 9.59 Å². The maximum Gasteiger partial charge on any atom is 0.243 e. The first-order valence-corrected chi connectivity index (χ1v) is 9.85. The average molecular weight is 417 g/mol. The lowest BCUT2D eigenvalue weighted by molar-refractivity contribution is -0.126. The highest BCUT2D eigenvalue weighted by atomic mass is 35.5. The minimum Gasteiger partial charge on any atom is -0.310 e. The molecule has 1 N–H and O–H groups in total. The summed E-state index contributed by atoms with van der Waals surface area (Å²) in [5, 5.41) is 7.87. The van der Waals surface area contributed by atoms with Crippen molar-refractivity contribution >= 4 is 34.9 Å². The normalized spacial score (nSPS) is 19.4. The first-order valence-electron chi connectivity index (χ1n) is 9.47. The molecular formula is C23H17ClN4O2. The van der Waals surface area contributed by atoms with Gasteiger partial charge in [-0.3, -0.25) is 14.5 Å². The fourth-order valence-corrected chi connectivity index (χ4v) is 4.68. The van der Waals surface area contributed by atoms with Crippen LogP contribution in [0.2, 0.25) is 5.02 Å². The van der Waals surface area contributed by atoms with Crippen LogP contribution >= 0.6 is 11.6 Å². The predicted molar refractivity (Wildman–Crippen MR) is 115 cm³/mol. The maximum atomic E-state index is 13.7. The quantitative estimate of drug-likeness (QED) is 0.651. The molecule has 0 fully saturated rings. The second-order valence-electron chi connectivity index (χ2n) is 7.52. The number of carbonyl (C=O) groups excluding carboxylic acids is 2. The number of amides is 2. The Morgan fingerprint density at radius 2 is 2.00 bits per heavy atom. The van der Waals surface area contributed by atoms with Gasteiger partial charge in [0.2, 0.25) is 11.8 Å². The van der Waals surface area contributed by atoms with Gasteiger partial charge in [-0.25, -0.2) is 4.68 Å². The van der Waals surface area contributed by atoms with E-state index in [2.05, 4.69) is 16.3 Å². The van der Waals surface area contributed by atoms with E-state index < -0.39 is 5.41 Å². The predicted octanol–water partition coefficient (Wildman–Crippen LogP) is 3.44. The zero-order chi connectivity index (χ0) is 21.0. The van der Waals surface area contributed by atoms with E-state index in [1.54, 1.807) is 21.8 Å². The van der Waals surface area contributed by atoms with E-state index in [1.807, 2.05) is 43.3 Å². The van der Waals surface area contributed by atoms with Gasteiger partial charge in [-0.15, -0.1) is 6.42 Å². The number of benzene rings is 2. The number of aromatic nitrogens is 2. The van der Waals surface area contributed by atoms with Gasteiger partial charge in [0.25, 0.3) is 0 Å². The summed E-state index contributed by atoms with van der Waals surface area (Å²) in [5.74, 6) is 2.53. The van der Waals surface area contributed by atoms with Crippen molar-refractivity contribution in [2.24, 2.45) is 0 Å². The second-order valence-corrected chi connectivity index (χ2v) is 7.92. The third-order valence-corrected chi connectivity index (χ3v) is 6.08. The molecule has 0 saturated heterocycles. The van der Waals surface area contributed by atoms with Crippen LogP contribution in [0.1, 0.15) is 23.1 Å². The highest BCUT2D eigenvalue weighted by Gasteiger charge is 2.57. The van der Waals surface area contributed by atoms with Crippen LogP contribution in [0.5, 0.6) is 0 Å². The zero-order valence-electron chi connectivity index (χ0n) is 16.1. The fourth-order valence-electron chi connectivity index (χ4n) is 4.46. The molecule has 2 aromatic carbocycles. The molecule has 1 atom stereocenters. The van der Waals surface area contributed by atoms with Gasteiger partial charge in [0.1, 0.15) is 11.2 Å². The molecule has 2 amide bonds. The number of nitrogens with one attached hydrogen (secondary N) is 1. The Morgan fingerprint density at radius 1 is 1.20 bits per heavy atom. The number of nitrogens with zero attached hydrogens (tertiary/aromatic N) is 3. The van der Waals surface area contributed by atoms with Crippen LogP contribution in [0.4, 0.5) is 11.5 Å². The fraction of sp³-hybridized carbons (Fsp3) is 0.174. The largest absolute Gasteiger partial charge is 0.310 e. The molecule has 2 aliphatic rings. The van der Waals surface area contributed by atoms with Crippen molar-refractivity contribution in [1.29, 1.82) is 0 Å². The number of terminal acetylenes is 1. The number of carbonyl (C=O) groups is 2. The van der Waals surface area contributed by atoms with Gasteiger partial charge in [-0.1, -0.05) is 47.4 Å². The minimum atomic E-state index is -1.17. The van der Waals surface area contributed by atoms with Crippen molar-refractivity contribution in [3.63, 3.8) is 0 Å². The summed E-state index contributed by atoms with van der Waals surface area (Å²) >= 11 is 6.37. The van der Waals surface area contributed by atoms with Crippen LogP contribution in [0.25, 0.3) is 5.69 Å². The number of hydrogen-bond acceptors (Lipinski definition) is 3. The number of aryl methyl sites for hydroxylation is 1. The molecule has 0 bridgehead atoms.